The third kappa shape index (κ3) is 3.60. The lowest BCUT2D eigenvalue weighted by atomic mass is 10.1. The van der Waals surface area contributed by atoms with E-state index in [1.54, 1.807) is 0 Å². The summed E-state index contributed by atoms with van der Waals surface area (Å²) >= 11 is 0. The zero-order valence-corrected chi connectivity index (χ0v) is 10.3. The van der Waals surface area contributed by atoms with Gasteiger partial charge in [-0.1, -0.05) is 73.7 Å². The number of hydrogen-bond acceptors (Lipinski definition) is 0. The lowest BCUT2D eigenvalue weighted by Crippen LogP contribution is -1.83. The van der Waals surface area contributed by atoms with Gasteiger partial charge >= 0.3 is 0 Å². The van der Waals surface area contributed by atoms with E-state index in [1.165, 1.54) is 16.7 Å². The summed E-state index contributed by atoms with van der Waals surface area (Å²) in [6.07, 6.45) is 6.50. The average molecular weight is 222 g/mol. The van der Waals surface area contributed by atoms with E-state index in [0.29, 0.717) is 0 Å². The number of rotatable bonds is 4. The van der Waals surface area contributed by atoms with Crippen molar-refractivity contribution in [3.8, 4) is 0 Å². The molecule has 17 heavy (non-hydrogen) atoms. The molecule has 0 bridgehead atoms. The van der Waals surface area contributed by atoms with Crippen LogP contribution in [0, 0.1) is 0 Å². The Balaban J connectivity index is 1.95. The molecular formula is C17H18. The Bertz CT molecular complexity index is 463. The van der Waals surface area contributed by atoms with Gasteiger partial charge in [0.15, 0.2) is 0 Å². The van der Waals surface area contributed by atoms with Crippen molar-refractivity contribution in [2.24, 2.45) is 0 Å². The highest BCUT2D eigenvalue weighted by atomic mass is 14.0. The molecule has 0 radical (unpaired) electrons. The first-order chi connectivity index (χ1) is 8.38. The van der Waals surface area contributed by atoms with Gasteiger partial charge in [-0.25, -0.2) is 0 Å². The van der Waals surface area contributed by atoms with Gasteiger partial charge in [-0.15, -0.1) is 0 Å². The maximum atomic E-state index is 2.22. The van der Waals surface area contributed by atoms with Crippen molar-refractivity contribution in [2.45, 2.75) is 19.8 Å². The van der Waals surface area contributed by atoms with Crippen LogP contribution in [-0.4, -0.2) is 0 Å². The topological polar surface area (TPSA) is 0 Å². The minimum atomic E-state index is 0.999. The predicted octanol–water partition coefficient (Wildman–Crippen LogP) is 4.50. The summed E-state index contributed by atoms with van der Waals surface area (Å²) < 4.78 is 0. The Kier molecular flexibility index (Phi) is 4.15. The minimum Gasteiger partial charge on any atom is -0.0795 e. The Hall–Kier alpha value is -1.82. The second kappa shape index (κ2) is 6.05. The Morgan fingerprint density at radius 3 is 2.12 bits per heavy atom. The molecule has 86 valence electrons. The molecule has 0 nitrogen and oxygen atoms in total. The summed E-state index contributed by atoms with van der Waals surface area (Å²) in [5.74, 6) is 0. The first-order valence-corrected chi connectivity index (χ1v) is 6.18. The summed E-state index contributed by atoms with van der Waals surface area (Å²) in [4.78, 5) is 0. The van der Waals surface area contributed by atoms with Gasteiger partial charge in [-0.3, -0.25) is 0 Å². The summed E-state index contributed by atoms with van der Waals surface area (Å²) in [5.41, 5.74) is 4.04. The van der Waals surface area contributed by atoms with Gasteiger partial charge in [-0.05, 0) is 29.5 Å². The molecule has 0 heterocycles. The zero-order chi connectivity index (χ0) is 11.9. The molecular weight excluding hydrogens is 204 g/mol. The van der Waals surface area contributed by atoms with Crippen molar-refractivity contribution >= 4 is 6.08 Å². The van der Waals surface area contributed by atoms with E-state index in [9.17, 15) is 0 Å². The highest BCUT2D eigenvalue weighted by Gasteiger charge is 1.91. The molecule has 0 atom stereocenters. The molecule has 0 spiro atoms. The molecule has 0 unspecified atom stereocenters. The van der Waals surface area contributed by atoms with Crippen LogP contribution in [0.4, 0.5) is 0 Å². The van der Waals surface area contributed by atoms with E-state index in [-0.39, 0.29) is 0 Å². The van der Waals surface area contributed by atoms with Crippen molar-refractivity contribution in [3.05, 3.63) is 77.4 Å². The van der Waals surface area contributed by atoms with E-state index < -0.39 is 0 Å². The molecule has 0 fully saturated rings. The largest absolute Gasteiger partial charge is 0.0795 e. The first-order valence-electron chi connectivity index (χ1n) is 6.18. The molecule has 2 rings (SSSR count). The molecule has 0 N–H and O–H groups in total. The van der Waals surface area contributed by atoms with Gasteiger partial charge in [0.05, 0.1) is 0 Å². The van der Waals surface area contributed by atoms with Crippen LogP contribution in [0.5, 0.6) is 0 Å². The van der Waals surface area contributed by atoms with Crippen LogP contribution >= 0.6 is 0 Å². The Morgan fingerprint density at radius 1 is 0.824 bits per heavy atom. The van der Waals surface area contributed by atoms with E-state index in [4.69, 9.17) is 0 Å². The zero-order valence-electron chi connectivity index (χ0n) is 10.3. The molecule has 0 amide bonds. The van der Waals surface area contributed by atoms with Gasteiger partial charge in [0.1, 0.15) is 0 Å². The van der Waals surface area contributed by atoms with Crippen LogP contribution in [0.3, 0.4) is 0 Å². The lowest BCUT2D eigenvalue weighted by Gasteiger charge is -1.99. The van der Waals surface area contributed by atoms with Gasteiger partial charge < -0.3 is 0 Å². The SMILES string of the molecule is CCc1ccc(CC=Cc2ccccc2)cc1. The Labute approximate surface area is 104 Å². The van der Waals surface area contributed by atoms with Gasteiger partial charge in [0, 0.05) is 0 Å². The van der Waals surface area contributed by atoms with Crippen LogP contribution in [0.15, 0.2) is 60.7 Å². The quantitative estimate of drug-likeness (QED) is 0.714. The van der Waals surface area contributed by atoms with Crippen molar-refractivity contribution in [3.63, 3.8) is 0 Å². The van der Waals surface area contributed by atoms with E-state index in [2.05, 4.69) is 67.6 Å². The highest BCUT2D eigenvalue weighted by Crippen LogP contribution is 2.08. The summed E-state index contributed by atoms with van der Waals surface area (Å²) in [5, 5.41) is 0. The molecule has 0 aromatic heterocycles. The molecule has 0 aliphatic heterocycles. The average Bonchev–Trinajstić information content (AvgIpc) is 2.41. The number of allylic oxidation sites excluding steroid dienone is 1. The first kappa shape index (κ1) is 11.7. The van der Waals surface area contributed by atoms with Gasteiger partial charge in [-0.2, -0.15) is 0 Å². The molecule has 0 aliphatic rings. The fourth-order valence-electron chi connectivity index (χ4n) is 1.81. The van der Waals surface area contributed by atoms with E-state index in [0.717, 1.165) is 12.8 Å². The smallest absolute Gasteiger partial charge is 0.00941 e. The van der Waals surface area contributed by atoms with Crippen LogP contribution < -0.4 is 0 Å². The fourth-order valence-corrected chi connectivity index (χ4v) is 1.81. The molecule has 2 aromatic rings. The van der Waals surface area contributed by atoms with Crippen molar-refractivity contribution in [1.29, 1.82) is 0 Å². The maximum Gasteiger partial charge on any atom is -0.00941 e. The van der Waals surface area contributed by atoms with Gasteiger partial charge in [0.25, 0.3) is 0 Å². The highest BCUT2D eigenvalue weighted by molar-refractivity contribution is 5.49. The monoisotopic (exact) mass is 222 g/mol. The maximum absolute atomic E-state index is 2.22. The minimum absolute atomic E-state index is 0.999. The van der Waals surface area contributed by atoms with Crippen LogP contribution in [0.1, 0.15) is 23.6 Å². The number of hydrogen-bond donors (Lipinski definition) is 0. The number of aryl methyl sites for hydroxylation is 1. The summed E-state index contributed by atoms with van der Waals surface area (Å²) in [6, 6.07) is 19.3. The Morgan fingerprint density at radius 2 is 1.47 bits per heavy atom. The summed E-state index contributed by atoms with van der Waals surface area (Å²) in [7, 11) is 0. The molecule has 0 heteroatoms. The standard InChI is InChI=1S/C17H18/c1-2-15-11-13-17(14-12-15)10-6-9-16-7-4-3-5-8-16/h3-9,11-14H,2,10H2,1H3. The predicted molar refractivity (Wildman–Crippen MR) is 75.0 cm³/mol. The molecule has 0 saturated heterocycles. The van der Waals surface area contributed by atoms with Gasteiger partial charge in [0.2, 0.25) is 0 Å². The van der Waals surface area contributed by atoms with E-state index >= 15 is 0 Å². The fraction of sp³-hybridized carbons (Fsp3) is 0.176. The van der Waals surface area contributed by atoms with Crippen molar-refractivity contribution in [2.75, 3.05) is 0 Å². The molecule has 0 saturated carbocycles. The van der Waals surface area contributed by atoms with Crippen molar-refractivity contribution in [1.82, 2.24) is 0 Å². The summed E-state index contributed by atoms with van der Waals surface area (Å²) in [6.45, 7) is 2.18. The third-order valence-corrected chi connectivity index (χ3v) is 2.89. The third-order valence-electron chi connectivity index (χ3n) is 2.89. The van der Waals surface area contributed by atoms with Crippen LogP contribution in [0.25, 0.3) is 6.08 Å². The molecule has 0 aliphatic carbocycles. The van der Waals surface area contributed by atoms with Crippen LogP contribution in [0.2, 0.25) is 0 Å². The van der Waals surface area contributed by atoms with E-state index in [1.807, 2.05) is 6.07 Å². The normalized spacial score (nSPS) is 10.9. The van der Waals surface area contributed by atoms with Crippen molar-refractivity contribution < 1.29 is 0 Å². The van der Waals surface area contributed by atoms with Crippen LogP contribution in [-0.2, 0) is 12.8 Å². The second-order valence-electron chi connectivity index (χ2n) is 4.19. The second-order valence-corrected chi connectivity index (χ2v) is 4.19. The lowest BCUT2D eigenvalue weighted by molar-refractivity contribution is 1.13. The molecule has 2 aromatic carbocycles. The number of benzene rings is 2.